The molecule has 6 nitrogen and oxygen atoms in total. The van der Waals surface area contributed by atoms with Crippen LogP contribution >= 0.6 is 11.6 Å². The van der Waals surface area contributed by atoms with E-state index in [9.17, 15) is 9.59 Å². The maximum Gasteiger partial charge on any atom is 0.251 e. The fourth-order valence-corrected chi connectivity index (χ4v) is 5.22. The Morgan fingerprint density at radius 2 is 1.73 bits per heavy atom. The van der Waals surface area contributed by atoms with Gasteiger partial charge in [-0.05, 0) is 53.6 Å². The quantitative estimate of drug-likeness (QED) is 0.694. The Balaban J connectivity index is 0.000000235. The standard InChI is InChI=1S/C18H24N2O2.C8H6ClNO/c1-17(2)11-18(3,4)16(17)19-15(22)12-5-7-13(8-6-12)20-9-14(21)10-20;1-11-8-4-7(9)3-2-6(8)5-10/h5-8,16H,9-11H2,1-4H3,(H,19,22);2-4H,1H3. The van der Waals surface area contributed by atoms with Gasteiger partial charge in [-0.1, -0.05) is 39.3 Å². The molecule has 2 aliphatic rings. The van der Waals surface area contributed by atoms with E-state index in [1.54, 1.807) is 18.2 Å². The van der Waals surface area contributed by atoms with Crippen molar-refractivity contribution in [2.24, 2.45) is 10.8 Å². The molecule has 1 saturated carbocycles. The topological polar surface area (TPSA) is 82.4 Å². The zero-order valence-corrected chi connectivity index (χ0v) is 20.5. The molecule has 0 unspecified atom stereocenters. The first-order valence-electron chi connectivity index (χ1n) is 10.9. The fraction of sp³-hybridized carbons (Fsp3) is 0.423. The summed E-state index contributed by atoms with van der Waals surface area (Å²) in [5, 5.41) is 12.3. The molecule has 4 rings (SSSR count). The Kier molecular flexibility index (Phi) is 7.04. The molecule has 33 heavy (non-hydrogen) atoms. The van der Waals surface area contributed by atoms with Crippen LogP contribution < -0.4 is 15.0 Å². The van der Waals surface area contributed by atoms with Gasteiger partial charge in [0.05, 0.1) is 25.8 Å². The monoisotopic (exact) mass is 467 g/mol. The van der Waals surface area contributed by atoms with Gasteiger partial charge in [-0.15, -0.1) is 0 Å². The maximum atomic E-state index is 12.5. The van der Waals surface area contributed by atoms with Crippen LogP contribution in [0.2, 0.25) is 5.02 Å². The van der Waals surface area contributed by atoms with E-state index < -0.39 is 0 Å². The van der Waals surface area contributed by atoms with Crippen LogP contribution in [0.5, 0.6) is 5.75 Å². The molecule has 7 heteroatoms. The molecule has 2 aromatic rings. The summed E-state index contributed by atoms with van der Waals surface area (Å²) in [6.07, 6.45) is 1.12. The first-order valence-corrected chi connectivity index (χ1v) is 11.3. The number of ketones is 1. The third kappa shape index (κ3) is 5.48. The zero-order valence-electron chi connectivity index (χ0n) is 19.7. The normalized spacial score (nSPS) is 18.1. The van der Waals surface area contributed by atoms with Gasteiger partial charge in [-0.3, -0.25) is 9.59 Å². The van der Waals surface area contributed by atoms with E-state index in [1.807, 2.05) is 35.2 Å². The predicted molar refractivity (Wildman–Crippen MR) is 130 cm³/mol. The zero-order chi connectivity index (χ0) is 24.4. The number of anilines is 1. The number of Topliss-reactive ketones (excluding diaryl/α,β-unsaturated/α-hetero) is 1. The Bertz CT molecular complexity index is 1060. The van der Waals surface area contributed by atoms with E-state index in [0.29, 0.717) is 35.0 Å². The number of rotatable bonds is 4. The van der Waals surface area contributed by atoms with E-state index in [1.165, 1.54) is 7.11 Å². The lowest BCUT2D eigenvalue weighted by atomic mass is 9.52. The van der Waals surface area contributed by atoms with Crippen molar-refractivity contribution in [1.82, 2.24) is 5.32 Å². The highest BCUT2D eigenvalue weighted by atomic mass is 35.5. The molecule has 1 amide bonds. The highest BCUT2D eigenvalue weighted by Crippen LogP contribution is 2.53. The molecule has 0 bridgehead atoms. The molecule has 2 aromatic carbocycles. The second-order valence-corrected chi connectivity index (χ2v) is 10.4. The summed E-state index contributed by atoms with van der Waals surface area (Å²) in [7, 11) is 1.51. The van der Waals surface area contributed by atoms with E-state index in [4.69, 9.17) is 21.6 Å². The second-order valence-electron chi connectivity index (χ2n) is 9.96. The molecule has 1 saturated heterocycles. The molecule has 0 aromatic heterocycles. The average molecular weight is 468 g/mol. The second kappa shape index (κ2) is 9.44. The molecule has 1 heterocycles. The van der Waals surface area contributed by atoms with Crippen molar-refractivity contribution >= 4 is 29.0 Å². The minimum atomic E-state index is -0.0166. The van der Waals surface area contributed by atoms with Crippen LogP contribution in [0.25, 0.3) is 0 Å². The van der Waals surface area contributed by atoms with Crippen molar-refractivity contribution in [3.63, 3.8) is 0 Å². The number of carbonyl (C=O) groups excluding carboxylic acids is 2. The number of amides is 1. The van der Waals surface area contributed by atoms with E-state index in [2.05, 4.69) is 33.0 Å². The summed E-state index contributed by atoms with van der Waals surface area (Å²) in [4.78, 5) is 25.5. The highest BCUT2D eigenvalue weighted by molar-refractivity contribution is 6.30. The molecular weight excluding hydrogens is 438 g/mol. The van der Waals surface area contributed by atoms with Crippen LogP contribution in [-0.2, 0) is 4.79 Å². The lowest BCUT2D eigenvalue weighted by molar-refractivity contribution is -0.119. The molecule has 0 radical (unpaired) electrons. The van der Waals surface area contributed by atoms with Crippen molar-refractivity contribution in [3.8, 4) is 11.8 Å². The summed E-state index contributed by atoms with van der Waals surface area (Å²) >= 11 is 5.66. The number of hydrogen-bond acceptors (Lipinski definition) is 5. The predicted octanol–water partition coefficient (Wildman–Crippen LogP) is 4.85. The highest BCUT2D eigenvalue weighted by Gasteiger charge is 2.53. The van der Waals surface area contributed by atoms with Crippen LogP contribution in [0, 0.1) is 22.2 Å². The number of halogens is 1. The van der Waals surface area contributed by atoms with E-state index in [0.717, 1.165) is 12.1 Å². The molecule has 1 aliphatic heterocycles. The van der Waals surface area contributed by atoms with Gasteiger partial charge < -0.3 is 15.0 Å². The largest absolute Gasteiger partial charge is 0.495 e. The number of carbonyl (C=O) groups is 2. The number of benzene rings is 2. The summed E-state index contributed by atoms with van der Waals surface area (Å²) in [6.45, 7) is 9.77. The van der Waals surface area contributed by atoms with Crippen LogP contribution in [0.3, 0.4) is 0 Å². The molecule has 1 aliphatic carbocycles. The molecule has 2 fully saturated rings. The van der Waals surface area contributed by atoms with Crippen LogP contribution in [0.1, 0.15) is 50.0 Å². The smallest absolute Gasteiger partial charge is 0.251 e. The summed E-state index contributed by atoms with van der Waals surface area (Å²) in [5.74, 6) is 0.758. The van der Waals surface area contributed by atoms with Gasteiger partial charge in [0.25, 0.3) is 5.91 Å². The molecule has 174 valence electrons. The van der Waals surface area contributed by atoms with Crippen molar-refractivity contribution in [1.29, 1.82) is 5.26 Å². The lowest BCUT2D eigenvalue weighted by Gasteiger charge is -2.57. The number of methoxy groups -OCH3 is 1. The maximum absolute atomic E-state index is 12.5. The Labute approximate surface area is 200 Å². The van der Waals surface area contributed by atoms with Gasteiger partial charge in [0.1, 0.15) is 11.8 Å². The number of hydrogen-bond donors (Lipinski definition) is 1. The Morgan fingerprint density at radius 3 is 2.21 bits per heavy atom. The van der Waals surface area contributed by atoms with Crippen molar-refractivity contribution in [2.45, 2.75) is 40.2 Å². The summed E-state index contributed by atoms with van der Waals surface area (Å²) in [5.41, 5.74) is 2.47. The van der Waals surface area contributed by atoms with Crippen LogP contribution in [0.15, 0.2) is 42.5 Å². The van der Waals surface area contributed by atoms with Crippen LogP contribution in [-0.4, -0.2) is 37.9 Å². The number of ether oxygens (including phenoxy) is 1. The van der Waals surface area contributed by atoms with Gasteiger partial charge in [-0.25, -0.2) is 0 Å². The minimum Gasteiger partial charge on any atom is -0.495 e. The minimum absolute atomic E-state index is 0.0166. The first-order chi connectivity index (χ1) is 15.5. The third-order valence-electron chi connectivity index (χ3n) is 6.26. The van der Waals surface area contributed by atoms with Crippen molar-refractivity contribution in [3.05, 3.63) is 58.6 Å². The van der Waals surface area contributed by atoms with Gasteiger partial charge in [0.2, 0.25) is 0 Å². The SMILES string of the molecule is CC1(C)CC(C)(C)C1NC(=O)c1ccc(N2CC(=O)C2)cc1.COc1cc(Cl)ccc1C#N. The Hall–Kier alpha value is -3.04. The van der Waals surface area contributed by atoms with Gasteiger partial charge in [0, 0.05) is 28.4 Å². The lowest BCUT2D eigenvalue weighted by Crippen LogP contribution is -2.63. The first kappa shape index (κ1) is 24.6. The van der Waals surface area contributed by atoms with Crippen molar-refractivity contribution in [2.75, 3.05) is 25.1 Å². The summed E-state index contributed by atoms with van der Waals surface area (Å²) in [6, 6.07) is 14.6. The molecule has 0 spiro atoms. The van der Waals surface area contributed by atoms with Crippen molar-refractivity contribution < 1.29 is 14.3 Å². The summed E-state index contributed by atoms with van der Waals surface area (Å²) < 4.78 is 4.91. The number of nitriles is 1. The molecular formula is C26H30ClN3O3. The van der Waals surface area contributed by atoms with Gasteiger partial charge >= 0.3 is 0 Å². The third-order valence-corrected chi connectivity index (χ3v) is 6.50. The molecule has 0 atom stereocenters. The Morgan fingerprint density at radius 1 is 1.12 bits per heavy atom. The van der Waals surface area contributed by atoms with E-state index >= 15 is 0 Å². The molecule has 1 N–H and O–H groups in total. The average Bonchev–Trinajstić information content (AvgIpc) is 2.74. The van der Waals surface area contributed by atoms with Crippen LogP contribution in [0.4, 0.5) is 5.69 Å². The van der Waals surface area contributed by atoms with Gasteiger partial charge in [-0.2, -0.15) is 5.26 Å². The van der Waals surface area contributed by atoms with Gasteiger partial charge in [0.15, 0.2) is 5.78 Å². The van der Waals surface area contributed by atoms with E-state index in [-0.39, 0.29) is 28.6 Å². The fourth-order valence-electron chi connectivity index (χ4n) is 5.05. The number of nitrogens with zero attached hydrogens (tertiary/aromatic N) is 2. The number of nitrogens with one attached hydrogen (secondary N) is 1.